The lowest BCUT2D eigenvalue weighted by Crippen LogP contribution is -2.41. The molecule has 2 aromatic carbocycles. The number of para-hydroxylation sites is 1. The fourth-order valence-corrected chi connectivity index (χ4v) is 4.61. The van der Waals surface area contributed by atoms with E-state index < -0.39 is 0 Å². The second-order valence-corrected chi connectivity index (χ2v) is 8.19. The average molecular weight is 396 g/mol. The summed E-state index contributed by atoms with van der Waals surface area (Å²) < 4.78 is 6.86. The Balaban J connectivity index is 1.23. The van der Waals surface area contributed by atoms with Crippen LogP contribution in [-0.4, -0.2) is 37.1 Å². The van der Waals surface area contributed by atoms with Crippen molar-refractivity contribution in [3.63, 3.8) is 0 Å². The number of rotatable bonds is 6. The first kappa shape index (κ1) is 18.7. The number of benzene rings is 2. The van der Waals surface area contributed by atoms with Crippen LogP contribution in [-0.2, 0) is 4.79 Å². The molecular weight excluding hydrogens is 370 g/mol. The summed E-state index contributed by atoms with van der Waals surface area (Å²) in [6, 6.07) is 16.0. The predicted molar refractivity (Wildman–Crippen MR) is 114 cm³/mol. The van der Waals surface area contributed by atoms with Crippen LogP contribution in [0.4, 0.5) is 5.13 Å². The molecule has 2 heterocycles. The number of ether oxygens (including phenoxy) is 1. The molecule has 1 amide bonds. The lowest BCUT2D eigenvalue weighted by Gasteiger charge is -2.31. The first-order chi connectivity index (χ1) is 13.7. The van der Waals surface area contributed by atoms with Gasteiger partial charge in [-0.3, -0.25) is 4.79 Å². The number of hydrogen-bond acceptors (Lipinski definition) is 5. The monoisotopic (exact) mass is 395 g/mol. The molecule has 1 fully saturated rings. The maximum atomic E-state index is 12.4. The predicted octanol–water partition coefficient (Wildman–Crippen LogP) is 4.02. The molecule has 5 nitrogen and oxygen atoms in total. The summed E-state index contributed by atoms with van der Waals surface area (Å²) in [6.45, 7) is 4.87. The average Bonchev–Trinajstić information content (AvgIpc) is 3.15. The molecule has 6 heteroatoms. The zero-order valence-corrected chi connectivity index (χ0v) is 16.9. The van der Waals surface area contributed by atoms with Gasteiger partial charge in [-0.2, -0.15) is 0 Å². The molecule has 3 aromatic rings. The molecule has 1 N–H and O–H groups in total. The molecule has 1 saturated heterocycles. The lowest BCUT2D eigenvalue weighted by molar-refractivity contribution is -0.125. The van der Waals surface area contributed by atoms with Crippen molar-refractivity contribution in [1.82, 2.24) is 10.3 Å². The number of carbonyl (C=O) groups excluding carboxylic acids is 1. The van der Waals surface area contributed by atoms with Gasteiger partial charge in [0.05, 0.1) is 16.8 Å². The SMILES string of the molecule is Cc1ccc2nc(N3CCC(C(=O)NCCOc4ccccc4)CC3)sc2c1. The van der Waals surface area contributed by atoms with E-state index in [-0.39, 0.29) is 11.8 Å². The van der Waals surface area contributed by atoms with Crippen LogP contribution in [0.15, 0.2) is 48.5 Å². The van der Waals surface area contributed by atoms with Crippen LogP contribution in [0.1, 0.15) is 18.4 Å². The number of nitrogens with zero attached hydrogens (tertiary/aromatic N) is 2. The molecule has 28 heavy (non-hydrogen) atoms. The summed E-state index contributed by atoms with van der Waals surface area (Å²) in [5.41, 5.74) is 2.32. The van der Waals surface area contributed by atoms with Crippen molar-refractivity contribution in [2.45, 2.75) is 19.8 Å². The molecule has 0 aliphatic carbocycles. The summed E-state index contributed by atoms with van der Waals surface area (Å²) in [6.07, 6.45) is 1.72. The number of fused-ring (bicyclic) bond motifs is 1. The van der Waals surface area contributed by atoms with Gasteiger partial charge < -0.3 is 15.0 Å². The minimum Gasteiger partial charge on any atom is -0.492 e. The maximum Gasteiger partial charge on any atom is 0.223 e. The normalized spacial score (nSPS) is 15.0. The summed E-state index contributed by atoms with van der Waals surface area (Å²) in [7, 11) is 0. The Bertz CT molecular complexity index is 933. The topological polar surface area (TPSA) is 54.5 Å². The molecule has 0 atom stereocenters. The summed E-state index contributed by atoms with van der Waals surface area (Å²) in [5.74, 6) is 1.04. The van der Waals surface area contributed by atoms with Gasteiger partial charge in [0.15, 0.2) is 5.13 Å². The number of carbonyl (C=O) groups is 1. The highest BCUT2D eigenvalue weighted by atomic mass is 32.1. The van der Waals surface area contributed by atoms with Crippen molar-refractivity contribution in [3.05, 3.63) is 54.1 Å². The van der Waals surface area contributed by atoms with E-state index in [2.05, 4.69) is 35.3 Å². The third kappa shape index (κ3) is 4.44. The molecule has 0 unspecified atom stereocenters. The van der Waals surface area contributed by atoms with Crippen molar-refractivity contribution in [3.8, 4) is 5.75 Å². The number of aryl methyl sites for hydroxylation is 1. The Morgan fingerprint density at radius 2 is 2.00 bits per heavy atom. The van der Waals surface area contributed by atoms with Gasteiger partial charge in [0.2, 0.25) is 5.91 Å². The molecule has 1 aromatic heterocycles. The van der Waals surface area contributed by atoms with Gasteiger partial charge in [-0.25, -0.2) is 4.98 Å². The molecule has 146 valence electrons. The van der Waals surface area contributed by atoms with E-state index in [0.717, 1.165) is 42.3 Å². The molecule has 1 aliphatic rings. The second-order valence-electron chi connectivity index (χ2n) is 7.18. The van der Waals surface area contributed by atoms with Gasteiger partial charge in [-0.15, -0.1) is 0 Å². The van der Waals surface area contributed by atoms with Crippen LogP contribution >= 0.6 is 11.3 Å². The number of aromatic nitrogens is 1. The third-order valence-electron chi connectivity index (χ3n) is 5.08. The fraction of sp³-hybridized carbons (Fsp3) is 0.364. The van der Waals surface area contributed by atoms with Gasteiger partial charge in [0.25, 0.3) is 0 Å². The minimum atomic E-state index is 0.0737. The van der Waals surface area contributed by atoms with E-state index in [0.29, 0.717) is 13.2 Å². The van der Waals surface area contributed by atoms with Gasteiger partial charge in [-0.05, 0) is 49.6 Å². The summed E-state index contributed by atoms with van der Waals surface area (Å²) >= 11 is 1.74. The molecular formula is C22H25N3O2S. The smallest absolute Gasteiger partial charge is 0.223 e. The van der Waals surface area contributed by atoms with Crippen LogP contribution in [0.25, 0.3) is 10.2 Å². The number of anilines is 1. The number of amides is 1. The van der Waals surface area contributed by atoms with E-state index in [1.54, 1.807) is 11.3 Å². The van der Waals surface area contributed by atoms with Gasteiger partial charge in [0.1, 0.15) is 12.4 Å². The zero-order valence-electron chi connectivity index (χ0n) is 16.1. The van der Waals surface area contributed by atoms with Crippen LogP contribution in [0.5, 0.6) is 5.75 Å². The fourth-order valence-electron chi connectivity index (χ4n) is 3.49. The van der Waals surface area contributed by atoms with Gasteiger partial charge in [-0.1, -0.05) is 35.6 Å². The molecule has 4 rings (SSSR count). The number of hydrogen-bond donors (Lipinski definition) is 1. The van der Waals surface area contributed by atoms with Gasteiger partial charge in [0, 0.05) is 19.0 Å². The highest BCUT2D eigenvalue weighted by molar-refractivity contribution is 7.22. The van der Waals surface area contributed by atoms with Crippen LogP contribution in [0.3, 0.4) is 0 Å². The highest BCUT2D eigenvalue weighted by Gasteiger charge is 2.26. The van der Waals surface area contributed by atoms with Crippen LogP contribution in [0, 0.1) is 12.8 Å². The Morgan fingerprint density at radius 3 is 2.79 bits per heavy atom. The second kappa shape index (κ2) is 8.61. The molecule has 0 spiro atoms. The molecule has 0 radical (unpaired) electrons. The van der Waals surface area contributed by atoms with Crippen molar-refractivity contribution in [1.29, 1.82) is 0 Å². The van der Waals surface area contributed by atoms with E-state index in [1.807, 2.05) is 30.3 Å². The third-order valence-corrected chi connectivity index (χ3v) is 6.16. The van der Waals surface area contributed by atoms with E-state index >= 15 is 0 Å². The number of piperidine rings is 1. The standard InChI is InChI=1S/C22H25N3O2S/c1-16-7-8-19-20(15-16)28-22(24-19)25-12-9-17(10-13-25)21(26)23-11-14-27-18-5-3-2-4-6-18/h2-8,15,17H,9-14H2,1H3,(H,23,26). The van der Waals surface area contributed by atoms with Crippen molar-refractivity contribution >= 4 is 32.6 Å². The first-order valence-electron chi connectivity index (χ1n) is 9.77. The van der Waals surface area contributed by atoms with Crippen LogP contribution < -0.4 is 15.0 Å². The maximum absolute atomic E-state index is 12.4. The van der Waals surface area contributed by atoms with Crippen molar-refractivity contribution < 1.29 is 9.53 Å². The Morgan fingerprint density at radius 1 is 1.21 bits per heavy atom. The van der Waals surface area contributed by atoms with E-state index in [1.165, 1.54) is 10.3 Å². The van der Waals surface area contributed by atoms with E-state index in [4.69, 9.17) is 9.72 Å². The Hall–Kier alpha value is -2.60. The Labute approximate surface area is 169 Å². The first-order valence-corrected chi connectivity index (χ1v) is 10.6. The van der Waals surface area contributed by atoms with Gasteiger partial charge >= 0.3 is 0 Å². The quantitative estimate of drug-likeness (QED) is 0.641. The summed E-state index contributed by atoms with van der Waals surface area (Å²) in [5, 5.41) is 4.07. The van der Waals surface area contributed by atoms with Crippen LogP contribution in [0.2, 0.25) is 0 Å². The minimum absolute atomic E-state index is 0.0737. The van der Waals surface area contributed by atoms with Crippen molar-refractivity contribution in [2.24, 2.45) is 5.92 Å². The largest absolute Gasteiger partial charge is 0.492 e. The number of nitrogens with one attached hydrogen (secondary N) is 1. The summed E-state index contributed by atoms with van der Waals surface area (Å²) in [4.78, 5) is 19.5. The van der Waals surface area contributed by atoms with E-state index in [9.17, 15) is 4.79 Å². The van der Waals surface area contributed by atoms with Crippen molar-refractivity contribution in [2.75, 3.05) is 31.1 Å². The number of thiazole rings is 1. The highest BCUT2D eigenvalue weighted by Crippen LogP contribution is 2.32. The lowest BCUT2D eigenvalue weighted by atomic mass is 9.96. The molecule has 0 bridgehead atoms. The molecule has 1 aliphatic heterocycles. The Kier molecular flexibility index (Phi) is 5.76. The zero-order chi connectivity index (χ0) is 19.3. The molecule has 0 saturated carbocycles.